The maximum absolute atomic E-state index is 11.6. The van der Waals surface area contributed by atoms with Crippen LogP contribution in [-0.4, -0.2) is 14.7 Å². The second-order valence-corrected chi connectivity index (χ2v) is 6.73. The molecular formula is C20H20N4O2. The summed E-state index contributed by atoms with van der Waals surface area (Å²) in [5.74, 6) is 0. The molecule has 4 rings (SSSR count). The summed E-state index contributed by atoms with van der Waals surface area (Å²) in [4.78, 5) is 11.3. The molecule has 2 aromatic carbocycles. The number of hydrogen-bond donors (Lipinski definition) is 1. The Morgan fingerprint density at radius 3 is 2.73 bits per heavy atom. The molecule has 6 nitrogen and oxygen atoms in total. The van der Waals surface area contributed by atoms with E-state index in [1.807, 2.05) is 43.3 Å². The molecule has 0 spiro atoms. The number of aryl methyl sites for hydroxylation is 1. The van der Waals surface area contributed by atoms with Crippen LogP contribution in [0.15, 0.2) is 48.5 Å². The van der Waals surface area contributed by atoms with Gasteiger partial charge in [0.2, 0.25) is 0 Å². The molecule has 0 radical (unpaired) electrons. The maximum atomic E-state index is 11.6. The van der Waals surface area contributed by atoms with Crippen molar-refractivity contribution in [2.45, 2.75) is 32.2 Å². The zero-order valence-electron chi connectivity index (χ0n) is 14.6. The minimum atomic E-state index is -0.346. The number of hydrogen-bond acceptors (Lipinski definition) is 4. The summed E-state index contributed by atoms with van der Waals surface area (Å²) in [7, 11) is 0. The van der Waals surface area contributed by atoms with E-state index in [-0.39, 0.29) is 16.7 Å². The average molecular weight is 348 g/mol. The van der Waals surface area contributed by atoms with Crippen LogP contribution >= 0.6 is 0 Å². The third-order valence-corrected chi connectivity index (χ3v) is 4.92. The molecule has 0 fully saturated rings. The molecule has 1 atom stereocenters. The van der Waals surface area contributed by atoms with E-state index >= 15 is 0 Å². The summed E-state index contributed by atoms with van der Waals surface area (Å²) in [5.41, 5.74) is 11.6. The van der Waals surface area contributed by atoms with Crippen molar-refractivity contribution in [1.82, 2.24) is 9.78 Å². The van der Waals surface area contributed by atoms with Crippen LogP contribution in [-0.2, 0) is 6.42 Å². The lowest BCUT2D eigenvalue weighted by Crippen LogP contribution is -2.18. The number of nitrogens with two attached hydrogens (primary N) is 1. The van der Waals surface area contributed by atoms with Crippen LogP contribution in [0.25, 0.3) is 16.9 Å². The molecule has 1 unspecified atom stereocenters. The van der Waals surface area contributed by atoms with Gasteiger partial charge in [-0.25, -0.2) is 4.68 Å². The third kappa shape index (κ3) is 2.68. The van der Waals surface area contributed by atoms with E-state index in [0.717, 1.165) is 47.3 Å². The molecule has 26 heavy (non-hydrogen) atoms. The molecule has 6 heteroatoms. The number of nitro benzene ring substituents is 1. The second-order valence-electron chi connectivity index (χ2n) is 6.73. The number of aromatic nitrogens is 2. The summed E-state index contributed by atoms with van der Waals surface area (Å²) >= 11 is 0. The SMILES string of the molecule is Cc1ccc(-n2nc(-c3ccccc3)c3c2CCCC3N)c([N+](=O)[O-])c1. The molecule has 1 heterocycles. The van der Waals surface area contributed by atoms with Gasteiger partial charge in [-0.3, -0.25) is 10.1 Å². The smallest absolute Gasteiger partial charge is 0.295 e. The van der Waals surface area contributed by atoms with Crippen LogP contribution in [0.1, 0.15) is 35.7 Å². The van der Waals surface area contributed by atoms with Crippen molar-refractivity contribution in [1.29, 1.82) is 0 Å². The first-order valence-electron chi connectivity index (χ1n) is 8.74. The molecule has 0 saturated heterocycles. The fraction of sp³-hybridized carbons (Fsp3) is 0.250. The number of nitro groups is 1. The van der Waals surface area contributed by atoms with Crippen LogP contribution < -0.4 is 5.73 Å². The summed E-state index contributed by atoms with van der Waals surface area (Å²) in [6.45, 7) is 1.85. The monoisotopic (exact) mass is 348 g/mol. The second kappa shape index (κ2) is 6.38. The average Bonchev–Trinajstić information content (AvgIpc) is 3.03. The Kier molecular flexibility index (Phi) is 4.05. The highest BCUT2D eigenvalue weighted by Crippen LogP contribution is 2.38. The van der Waals surface area contributed by atoms with E-state index in [0.29, 0.717) is 5.69 Å². The van der Waals surface area contributed by atoms with Gasteiger partial charge in [0, 0.05) is 28.9 Å². The predicted octanol–water partition coefficient (Wildman–Crippen LogP) is 4.09. The maximum Gasteiger partial charge on any atom is 0.295 e. The van der Waals surface area contributed by atoms with E-state index in [1.165, 1.54) is 0 Å². The Morgan fingerprint density at radius 2 is 2.00 bits per heavy atom. The van der Waals surface area contributed by atoms with Gasteiger partial charge in [-0.2, -0.15) is 5.10 Å². The molecule has 0 saturated carbocycles. The van der Waals surface area contributed by atoms with Gasteiger partial charge in [-0.05, 0) is 37.8 Å². The highest BCUT2D eigenvalue weighted by atomic mass is 16.6. The van der Waals surface area contributed by atoms with Crippen LogP contribution in [0.4, 0.5) is 5.69 Å². The number of rotatable bonds is 3. The third-order valence-electron chi connectivity index (χ3n) is 4.92. The first kappa shape index (κ1) is 16.5. The van der Waals surface area contributed by atoms with Gasteiger partial charge in [-0.15, -0.1) is 0 Å². The summed E-state index contributed by atoms with van der Waals surface area (Å²) in [6.07, 6.45) is 2.66. The Hall–Kier alpha value is -2.99. The van der Waals surface area contributed by atoms with E-state index in [1.54, 1.807) is 16.8 Å². The van der Waals surface area contributed by atoms with Gasteiger partial charge in [0.15, 0.2) is 0 Å². The summed E-state index contributed by atoms with van der Waals surface area (Å²) in [5, 5.41) is 16.4. The Bertz CT molecular complexity index is 979. The van der Waals surface area contributed by atoms with Gasteiger partial charge >= 0.3 is 0 Å². The fourth-order valence-electron chi connectivity index (χ4n) is 3.70. The molecule has 1 aliphatic carbocycles. The van der Waals surface area contributed by atoms with Crippen LogP contribution in [0.2, 0.25) is 0 Å². The molecule has 3 aromatic rings. The van der Waals surface area contributed by atoms with Crippen molar-refractivity contribution in [2.75, 3.05) is 0 Å². The van der Waals surface area contributed by atoms with Crippen molar-refractivity contribution >= 4 is 5.69 Å². The molecular weight excluding hydrogens is 328 g/mol. The first-order chi connectivity index (χ1) is 12.6. The lowest BCUT2D eigenvalue weighted by atomic mass is 9.89. The van der Waals surface area contributed by atoms with Crippen molar-refractivity contribution < 1.29 is 4.92 Å². The van der Waals surface area contributed by atoms with E-state index < -0.39 is 0 Å². The van der Waals surface area contributed by atoms with Crippen molar-refractivity contribution in [3.8, 4) is 16.9 Å². The lowest BCUT2D eigenvalue weighted by Gasteiger charge is -2.20. The number of benzene rings is 2. The zero-order chi connectivity index (χ0) is 18.3. The van der Waals surface area contributed by atoms with Crippen LogP contribution in [0.5, 0.6) is 0 Å². The summed E-state index contributed by atoms with van der Waals surface area (Å²) in [6, 6.07) is 15.0. The Balaban J connectivity index is 1.98. The molecule has 1 aromatic heterocycles. The lowest BCUT2D eigenvalue weighted by molar-refractivity contribution is -0.384. The zero-order valence-corrected chi connectivity index (χ0v) is 14.6. The van der Waals surface area contributed by atoms with Crippen molar-refractivity contribution in [3.63, 3.8) is 0 Å². The topological polar surface area (TPSA) is 87.0 Å². The van der Waals surface area contributed by atoms with Gasteiger partial charge in [0.1, 0.15) is 5.69 Å². The van der Waals surface area contributed by atoms with Gasteiger partial charge in [0.05, 0.1) is 10.6 Å². The normalized spacial score (nSPS) is 16.3. The number of fused-ring (bicyclic) bond motifs is 1. The largest absolute Gasteiger partial charge is 0.324 e. The molecule has 0 bridgehead atoms. The first-order valence-corrected chi connectivity index (χ1v) is 8.74. The molecule has 2 N–H and O–H groups in total. The fourth-order valence-corrected chi connectivity index (χ4v) is 3.70. The predicted molar refractivity (Wildman–Crippen MR) is 100 cm³/mol. The van der Waals surface area contributed by atoms with E-state index in [2.05, 4.69) is 0 Å². The van der Waals surface area contributed by atoms with Crippen LogP contribution in [0.3, 0.4) is 0 Å². The highest BCUT2D eigenvalue weighted by Gasteiger charge is 2.29. The van der Waals surface area contributed by atoms with Crippen molar-refractivity contribution in [2.24, 2.45) is 5.73 Å². The van der Waals surface area contributed by atoms with Crippen molar-refractivity contribution in [3.05, 3.63) is 75.5 Å². The molecule has 0 amide bonds. The van der Waals surface area contributed by atoms with E-state index in [4.69, 9.17) is 10.8 Å². The molecule has 132 valence electrons. The van der Waals surface area contributed by atoms with Gasteiger partial charge < -0.3 is 5.73 Å². The van der Waals surface area contributed by atoms with E-state index in [9.17, 15) is 10.1 Å². The molecule has 0 aliphatic heterocycles. The quantitative estimate of drug-likeness (QED) is 0.570. The highest BCUT2D eigenvalue weighted by molar-refractivity contribution is 5.67. The number of nitrogens with zero attached hydrogens (tertiary/aromatic N) is 3. The van der Waals surface area contributed by atoms with Gasteiger partial charge in [-0.1, -0.05) is 36.4 Å². The minimum Gasteiger partial charge on any atom is -0.324 e. The molecule has 1 aliphatic rings. The Morgan fingerprint density at radius 1 is 1.23 bits per heavy atom. The minimum absolute atomic E-state index is 0.0639. The Labute approximate surface area is 151 Å². The van der Waals surface area contributed by atoms with Gasteiger partial charge in [0.25, 0.3) is 5.69 Å². The standard InChI is InChI=1S/C20H20N4O2/c1-13-10-11-16(18(12-13)24(25)26)23-17-9-5-8-15(21)19(17)20(22-23)14-6-3-2-4-7-14/h2-4,6-7,10-12,15H,5,8-9,21H2,1H3. The van der Waals surface area contributed by atoms with Crippen LogP contribution in [0, 0.1) is 17.0 Å². The summed E-state index contributed by atoms with van der Waals surface area (Å²) < 4.78 is 1.73.